The van der Waals surface area contributed by atoms with Crippen molar-refractivity contribution in [2.24, 2.45) is 5.41 Å². The maximum Gasteiger partial charge on any atom is 0.261 e. The van der Waals surface area contributed by atoms with E-state index in [1.165, 1.54) is 18.2 Å². The lowest BCUT2D eigenvalue weighted by atomic mass is 10.1. The Morgan fingerprint density at radius 3 is 2.67 bits per heavy atom. The molecule has 0 saturated heterocycles. The number of carbonyl (C=O) groups is 1. The predicted octanol–water partition coefficient (Wildman–Crippen LogP) is 2.14. The first-order valence-corrected chi connectivity index (χ1v) is 7.94. The molecule has 1 aromatic rings. The molecule has 0 unspecified atom stereocenters. The van der Waals surface area contributed by atoms with Crippen molar-refractivity contribution in [3.05, 3.63) is 29.8 Å². The largest absolute Gasteiger partial charge is 0.351 e. The summed E-state index contributed by atoms with van der Waals surface area (Å²) in [6, 6.07) is 5.72. The third kappa shape index (κ3) is 3.23. The second kappa shape index (κ2) is 4.55. The molecule has 1 saturated carbocycles. The van der Waals surface area contributed by atoms with Gasteiger partial charge in [0.15, 0.2) is 0 Å². The zero-order valence-corrected chi connectivity index (χ0v) is 11.5. The number of hydrogen-bond donors (Lipinski definition) is 1. The molecule has 1 amide bonds. The van der Waals surface area contributed by atoms with Gasteiger partial charge in [-0.3, -0.25) is 4.79 Å². The maximum atomic E-state index is 11.8. The van der Waals surface area contributed by atoms with Gasteiger partial charge >= 0.3 is 0 Å². The van der Waals surface area contributed by atoms with Crippen molar-refractivity contribution in [2.45, 2.75) is 24.7 Å². The highest BCUT2D eigenvalue weighted by Crippen LogP contribution is 2.44. The van der Waals surface area contributed by atoms with E-state index in [4.69, 9.17) is 10.7 Å². The summed E-state index contributed by atoms with van der Waals surface area (Å²) in [6.45, 7) is 2.72. The molecule has 98 valence electrons. The van der Waals surface area contributed by atoms with Gasteiger partial charge in [-0.05, 0) is 36.5 Å². The minimum Gasteiger partial charge on any atom is -0.351 e. The Bertz CT molecular complexity index is 579. The molecule has 18 heavy (non-hydrogen) atoms. The fourth-order valence-electron chi connectivity index (χ4n) is 1.57. The van der Waals surface area contributed by atoms with Crippen molar-refractivity contribution in [2.75, 3.05) is 6.54 Å². The molecule has 4 nitrogen and oxygen atoms in total. The van der Waals surface area contributed by atoms with E-state index in [0.29, 0.717) is 12.1 Å². The second-order valence-corrected chi connectivity index (χ2v) is 7.52. The van der Waals surface area contributed by atoms with Crippen molar-refractivity contribution in [1.29, 1.82) is 0 Å². The van der Waals surface area contributed by atoms with E-state index in [1.807, 2.05) is 0 Å². The lowest BCUT2D eigenvalue weighted by molar-refractivity contribution is 0.0946. The van der Waals surface area contributed by atoms with Crippen LogP contribution < -0.4 is 5.32 Å². The van der Waals surface area contributed by atoms with Gasteiger partial charge in [0.1, 0.15) is 0 Å². The summed E-state index contributed by atoms with van der Waals surface area (Å²) in [5, 5.41) is 2.80. The van der Waals surface area contributed by atoms with Crippen LogP contribution in [0.2, 0.25) is 0 Å². The van der Waals surface area contributed by atoms with E-state index in [-0.39, 0.29) is 16.2 Å². The molecule has 1 aliphatic carbocycles. The van der Waals surface area contributed by atoms with Gasteiger partial charge in [-0.2, -0.15) is 0 Å². The van der Waals surface area contributed by atoms with Crippen LogP contribution in [0.3, 0.4) is 0 Å². The minimum absolute atomic E-state index is 0.0607. The molecule has 1 aliphatic rings. The van der Waals surface area contributed by atoms with Crippen LogP contribution in [0.4, 0.5) is 0 Å². The van der Waals surface area contributed by atoms with Crippen LogP contribution in [0.5, 0.6) is 0 Å². The zero-order valence-electron chi connectivity index (χ0n) is 9.94. The molecule has 1 fully saturated rings. The quantitative estimate of drug-likeness (QED) is 0.863. The summed E-state index contributed by atoms with van der Waals surface area (Å²) in [7, 11) is 1.44. The van der Waals surface area contributed by atoms with E-state index in [9.17, 15) is 13.2 Å². The standard InChI is InChI=1S/C12H14ClNO3S/c1-12(5-6-12)8-14-11(15)9-3-2-4-10(7-9)18(13,16)17/h2-4,7H,5-6,8H2,1H3,(H,14,15). The van der Waals surface area contributed by atoms with E-state index in [2.05, 4.69) is 12.2 Å². The lowest BCUT2D eigenvalue weighted by Gasteiger charge is -2.10. The Hall–Kier alpha value is -1.07. The maximum absolute atomic E-state index is 11.8. The van der Waals surface area contributed by atoms with Crippen LogP contribution in [0.15, 0.2) is 29.2 Å². The van der Waals surface area contributed by atoms with Gasteiger partial charge in [-0.15, -0.1) is 0 Å². The zero-order chi connectivity index (χ0) is 13.4. The fourth-order valence-corrected chi connectivity index (χ4v) is 2.37. The first-order valence-electron chi connectivity index (χ1n) is 5.63. The molecule has 2 rings (SSSR count). The second-order valence-electron chi connectivity index (χ2n) is 4.96. The Kier molecular flexibility index (Phi) is 3.38. The molecule has 0 bridgehead atoms. The summed E-state index contributed by atoms with van der Waals surface area (Å²) in [4.78, 5) is 11.8. The molecule has 0 radical (unpaired) electrons. The van der Waals surface area contributed by atoms with Crippen LogP contribution in [-0.4, -0.2) is 20.9 Å². The highest BCUT2D eigenvalue weighted by Gasteiger charge is 2.37. The van der Waals surface area contributed by atoms with Crippen molar-refractivity contribution in [3.63, 3.8) is 0 Å². The van der Waals surface area contributed by atoms with Crippen LogP contribution >= 0.6 is 10.7 Å². The highest BCUT2D eigenvalue weighted by molar-refractivity contribution is 8.13. The summed E-state index contributed by atoms with van der Waals surface area (Å²) >= 11 is 0. The molecule has 0 spiro atoms. The number of rotatable bonds is 4. The van der Waals surface area contributed by atoms with Gasteiger partial charge in [0.2, 0.25) is 0 Å². The summed E-state index contributed by atoms with van der Waals surface area (Å²) in [6.07, 6.45) is 2.23. The number of nitrogens with one attached hydrogen (secondary N) is 1. The Balaban J connectivity index is 2.10. The molecular formula is C12H14ClNO3S. The number of carbonyl (C=O) groups excluding carboxylic acids is 1. The van der Waals surface area contributed by atoms with Crippen molar-refractivity contribution in [1.82, 2.24) is 5.32 Å². The molecule has 6 heteroatoms. The third-order valence-corrected chi connectivity index (χ3v) is 4.51. The van der Waals surface area contributed by atoms with Gasteiger partial charge < -0.3 is 5.32 Å². The predicted molar refractivity (Wildman–Crippen MR) is 69.2 cm³/mol. The number of amides is 1. The molecule has 0 atom stereocenters. The van der Waals surface area contributed by atoms with Gasteiger partial charge in [0, 0.05) is 22.8 Å². The summed E-state index contributed by atoms with van der Waals surface area (Å²) in [5.74, 6) is -0.273. The third-order valence-electron chi connectivity index (χ3n) is 3.16. The SMILES string of the molecule is CC1(CNC(=O)c2cccc(S(=O)(=O)Cl)c2)CC1. The molecular weight excluding hydrogens is 274 g/mol. The van der Waals surface area contributed by atoms with Crippen LogP contribution in [-0.2, 0) is 9.05 Å². The van der Waals surface area contributed by atoms with Crippen LogP contribution in [0, 0.1) is 5.41 Å². The van der Waals surface area contributed by atoms with Crippen molar-refractivity contribution >= 4 is 25.6 Å². The summed E-state index contributed by atoms with van der Waals surface area (Å²) < 4.78 is 22.3. The van der Waals surface area contributed by atoms with Gasteiger partial charge in [0.25, 0.3) is 15.0 Å². The molecule has 0 heterocycles. The number of hydrogen-bond acceptors (Lipinski definition) is 3. The first-order chi connectivity index (χ1) is 8.30. The van der Waals surface area contributed by atoms with Gasteiger partial charge in [-0.1, -0.05) is 13.0 Å². The number of halogens is 1. The van der Waals surface area contributed by atoms with Gasteiger partial charge in [-0.25, -0.2) is 8.42 Å². The lowest BCUT2D eigenvalue weighted by Crippen LogP contribution is -2.29. The smallest absolute Gasteiger partial charge is 0.261 e. The van der Waals surface area contributed by atoms with Crippen LogP contribution in [0.1, 0.15) is 30.1 Å². The van der Waals surface area contributed by atoms with Gasteiger partial charge in [0.05, 0.1) is 4.90 Å². The number of benzene rings is 1. The topological polar surface area (TPSA) is 63.2 Å². The molecule has 1 N–H and O–H groups in total. The van der Waals surface area contributed by atoms with E-state index in [0.717, 1.165) is 12.8 Å². The minimum atomic E-state index is -3.80. The fraction of sp³-hybridized carbons (Fsp3) is 0.417. The first kappa shape index (κ1) is 13.4. The average molecular weight is 288 g/mol. The van der Waals surface area contributed by atoms with E-state index < -0.39 is 9.05 Å². The van der Waals surface area contributed by atoms with Crippen molar-refractivity contribution in [3.8, 4) is 0 Å². The molecule has 0 aliphatic heterocycles. The Morgan fingerprint density at radius 2 is 2.11 bits per heavy atom. The monoisotopic (exact) mass is 287 g/mol. The van der Waals surface area contributed by atoms with E-state index >= 15 is 0 Å². The van der Waals surface area contributed by atoms with Crippen molar-refractivity contribution < 1.29 is 13.2 Å². The Morgan fingerprint density at radius 1 is 1.44 bits per heavy atom. The van der Waals surface area contributed by atoms with Crippen LogP contribution in [0.25, 0.3) is 0 Å². The normalized spacial score (nSPS) is 17.2. The highest BCUT2D eigenvalue weighted by atomic mass is 35.7. The average Bonchev–Trinajstić information content (AvgIpc) is 3.04. The summed E-state index contributed by atoms with van der Waals surface area (Å²) in [5.41, 5.74) is 0.521. The Labute approximate surface area is 111 Å². The molecule has 1 aromatic carbocycles. The van der Waals surface area contributed by atoms with E-state index in [1.54, 1.807) is 6.07 Å². The molecule has 0 aromatic heterocycles.